The second kappa shape index (κ2) is 9.48. The quantitative estimate of drug-likeness (QED) is 0.198. The summed E-state index contributed by atoms with van der Waals surface area (Å²) >= 11 is 4.58. The molecule has 0 aliphatic carbocycles. The van der Waals surface area contributed by atoms with Crippen LogP contribution in [0.5, 0.6) is 0 Å². The molecule has 0 aliphatic heterocycles. The Kier molecular flexibility index (Phi) is 8.05. The van der Waals surface area contributed by atoms with E-state index in [4.69, 9.17) is 0 Å². The lowest BCUT2D eigenvalue weighted by Gasteiger charge is -2.45. The summed E-state index contributed by atoms with van der Waals surface area (Å²) in [6.07, 6.45) is -7.81. The van der Waals surface area contributed by atoms with E-state index in [9.17, 15) is 65.9 Å². The molecule has 0 nitrogen and oxygen atoms in total. The van der Waals surface area contributed by atoms with E-state index in [2.05, 4.69) is 11.8 Å². The fraction of sp³-hybridized carbons (Fsp3) is 0.400. The van der Waals surface area contributed by atoms with Crippen molar-refractivity contribution in [3.05, 3.63) is 60.7 Å². The van der Waals surface area contributed by atoms with Crippen LogP contribution in [0.2, 0.25) is 0 Å². The number of alkyl halides is 17. The van der Waals surface area contributed by atoms with Crippen LogP contribution in [0.1, 0.15) is 0 Å². The summed E-state index contributed by atoms with van der Waals surface area (Å²) in [4.78, 5) is 0. The van der Waals surface area contributed by atoms with E-state index in [0.29, 0.717) is 24.3 Å². The first-order valence-electron chi connectivity index (χ1n) is 9.64. The molecule has 0 N–H and O–H groups in total. The Bertz CT molecular complexity index is 1160. The predicted molar refractivity (Wildman–Crippen MR) is 107 cm³/mol. The minimum atomic E-state index is -8.69. The highest BCUT2D eigenvalue weighted by Gasteiger charge is 2.95. The SMILES string of the molecule is FC(F)(F)C(F)(F)C(F)(F)C(F)(F)C(F)(F)C(F)(F)C(F)(F)C(F)(F)P(=S)(c1ccccc1)c1ccccc1. The molecule has 19 heteroatoms. The third-order valence-electron chi connectivity index (χ3n) is 5.34. The minimum absolute atomic E-state index is 0.542. The summed E-state index contributed by atoms with van der Waals surface area (Å²) in [7, 11) is 0. The molecule has 0 aliphatic rings. The lowest BCUT2D eigenvalue weighted by molar-refractivity contribution is -0.458. The number of hydrogen-bond donors (Lipinski definition) is 0. The molecule has 0 atom stereocenters. The van der Waals surface area contributed by atoms with Gasteiger partial charge in [0.1, 0.15) is 0 Å². The molecule has 0 saturated carbocycles. The van der Waals surface area contributed by atoms with E-state index in [0.717, 1.165) is 36.4 Å². The summed E-state index contributed by atoms with van der Waals surface area (Å²) in [5.74, 6) is -50.4. The smallest absolute Gasteiger partial charge is 0.193 e. The topological polar surface area (TPSA) is 0 Å². The molecule has 2 aromatic rings. The predicted octanol–water partition coefficient (Wildman–Crippen LogP) is 8.08. The van der Waals surface area contributed by atoms with Crippen molar-refractivity contribution in [3.63, 3.8) is 0 Å². The third-order valence-corrected chi connectivity index (χ3v) is 10.4. The molecule has 0 aromatic heterocycles. The maximum atomic E-state index is 15.4. The van der Waals surface area contributed by atoms with Gasteiger partial charge in [-0.3, -0.25) is 0 Å². The van der Waals surface area contributed by atoms with Gasteiger partial charge in [-0.05, 0) is 10.6 Å². The van der Waals surface area contributed by atoms with Gasteiger partial charge in [0, 0.05) is 0 Å². The molecule has 2 rings (SSSR count). The number of benzene rings is 2. The van der Waals surface area contributed by atoms with Gasteiger partial charge >= 0.3 is 47.4 Å². The highest BCUT2D eigenvalue weighted by atomic mass is 32.4. The molecule has 39 heavy (non-hydrogen) atoms. The Hall–Kier alpha value is -2.10. The first kappa shape index (κ1) is 33.1. The van der Waals surface area contributed by atoms with Crippen LogP contribution in [-0.4, -0.2) is 47.4 Å². The fourth-order valence-corrected chi connectivity index (χ4v) is 6.84. The monoisotopic (exact) mass is 636 g/mol. The molecule has 2 aromatic carbocycles. The van der Waals surface area contributed by atoms with E-state index in [1.165, 1.54) is 0 Å². The summed E-state index contributed by atoms with van der Waals surface area (Å²) in [6.45, 7) is 0. The second-order valence-electron chi connectivity index (χ2n) is 7.77. The van der Waals surface area contributed by atoms with Crippen molar-refractivity contribution in [2.45, 2.75) is 47.4 Å². The van der Waals surface area contributed by atoms with Crippen LogP contribution in [0.25, 0.3) is 0 Å². The van der Waals surface area contributed by atoms with E-state index in [-0.39, 0.29) is 0 Å². The maximum Gasteiger partial charge on any atom is 0.460 e. The number of halogens is 17. The molecular weight excluding hydrogens is 626 g/mol. The van der Waals surface area contributed by atoms with E-state index in [1.54, 1.807) is 0 Å². The van der Waals surface area contributed by atoms with Gasteiger partial charge in [0.2, 0.25) is 0 Å². The Balaban J connectivity index is 2.85. The van der Waals surface area contributed by atoms with E-state index < -0.39 is 64.0 Å². The highest BCUT2D eigenvalue weighted by Crippen LogP contribution is 2.71. The Morgan fingerprint density at radius 1 is 0.385 bits per heavy atom. The molecule has 0 amide bonds. The first-order chi connectivity index (χ1) is 17.2. The zero-order valence-corrected chi connectivity index (χ0v) is 19.8. The van der Waals surface area contributed by atoms with Crippen molar-refractivity contribution >= 4 is 28.5 Å². The fourth-order valence-electron chi connectivity index (χ4n) is 3.10. The summed E-state index contributed by atoms with van der Waals surface area (Å²) in [6, 6.07) is 1.78. The minimum Gasteiger partial charge on any atom is -0.193 e. The number of hydrogen-bond acceptors (Lipinski definition) is 1. The van der Waals surface area contributed by atoms with Crippen LogP contribution >= 0.6 is 6.04 Å². The second-order valence-corrected chi connectivity index (χ2v) is 12.2. The van der Waals surface area contributed by atoms with E-state index in [1.807, 2.05) is 0 Å². The summed E-state index contributed by atoms with van der Waals surface area (Å²) < 4.78 is 235. The van der Waals surface area contributed by atoms with Crippen LogP contribution in [-0.2, 0) is 11.8 Å². The van der Waals surface area contributed by atoms with Gasteiger partial charge in [0.05, 0.1) is 6.04 Å². The van der Waals surface area contributed by atoms with Crippen molar-refractivity contribution < 1.29 is 74.6 Å². The van der Waals surface area contributed by atoms with Crippen LogP contribution in [0.4, 0.5) is 74.6 Å². The van der Waals surface area contributed by atoms with Crippen LogP contribution in [0.15, 0.2) is 60.7 Å². The maximum absolute atomic E-state index is 15.4. The molecule has 0 heterocycles. The van der Waals surface area contributed by atoms with Crippen molar-refractivity contribution in [1.82, 2.24) is 0 Å². The van der Waals surface area contributed by atoms with Crippen molar-refractivity contribution in [2.24, 2.45) is 0 Å². The lowest BCUT2D eigenvalue weighted by Crippen LogP contribution is -2.74. The zero-order valence-electron chi connectivity index (χ0n) is 18.1. The summed E-state index contributed by atoms with van der Waals surface area (Å²) in [5.41, 5.74) is -6.72. The van der Waals surface area contributed by atoms with Gasteiger partial charge < -0.3 is 0 Å². The van der Waals surface area contributed by atoms with Gasteiger partial charge in [0.15, 0.2) is 0 Å². The van der Waals surface area contributed by atoms with Crippen molar-refractivity contribution in [1.29, 1.82) is 0 Å². The molecule has 0 bridgehead atoms. The number of rotatable bonds is 9. The van der Waals surface area contributed by atoms with Crippen molar-refractivity contribution in [3.8, 4) is 0 Å². The molecule has 0 spiro atoms. The Morgan fingerprint density at radius 3 is 0.923 bits per heavy atom. The van der Waals surface area contributed by atoms with Crippen LogP contribution in [0, 0.1) is 0 Å². The molecule has 220 valence electrons. The average molecular weight is 636 g/mol. The molecule has 0 saturated heterocycles. The van der Waals surface area contributed by atoms with Crippen LogP contribution < -0.4 is 10.6 Å². The highest BCUT2D eigenvalue weighted by molar-refractivity contribution is 8.22. The van der Waals surface area contributed by atoms with Crippen LogP contribution in [0.3, 0.4) is 0 Å². The van der Waals surface area contributed by atoms with Gasteiger partial charge in [-0.1, -0.05) is 72.5 Å². The van der Waals surface area contributed by atoms with E-state index >= 15 is 8.78 Å². The Morgan fingerprint density at radius 2 is 0.641 bits per heavy atom. The first-order valence-corrected chi connectivity index (χ1v) is 12.4. The average Bonchev–Trinajstić information content (AvgIpc) is 2.83. The third kappa shape index (κ3) is 4.30. The zero-order chi connectivity index (χ0) is 30.7. The molecule has 0 radical (unpaired) electrons. The van der Waals surface area contributed by atoms with Gasteiger partial charge in [-0.25, -0.2) is 0 Å². The van der Waals surface area contributed by atoms with Gasteiger partial charge in [-0.2, -0.15) is 74.6 Å². The lowest BCUT2D eigenvalue weighted by atomic mass is 9.91. The molecule has 0 unspecified atom stereocenters. The van der Waals surface area contributed by atoms with Gasteiger partial charge in [-0.15, -0.1) is 0 Å². The Labute approximate surface area is 211 Å². The molecular formula is C20H10F17PS. The summed E-state index contributed by atoms with van der Waals surface area (Å²) in [5, 5.41) is -2.20. The molecule has 0 fully saturated rings. The van der Waals surface area contributed by atoms with Crippen molar-refractivity contribution in [2.75, 3.05) is 0 Å². The normalized spacial score (nSPS) is 15.4. The largest absolute Gasteiger partial charge is 0.460 e. The standard InChI is InChI=1S/C20H10F17PS/c21-13(22,15(25,26)17(29,30)19(33,34)35)14(23,24)16(27,28)18(31,32)20(36,37)38(39,11-7-3-1-4-8-11)12-9-5-2-6-10-12/h1-10H. The van der Waals surface area contributed by atoms with Gasteiger partial charge in [0.25, 0.3) is 0 Å².